The molecule has 0 N–H and O–H groups in total. The molecule has 0 saturated heterocycles. The highest BCUT2D eigenvalue weighted by atomic mass is 16.5. The summed E-state index contributed by atoms with van der Waals surface area (Å²) >= 11 is 0. The van der Waals surface area contributed by atoms with E-state index < -0.39 is 0 Å². The maximum absolute atomic E-state index is 8.77. The van der Waals surface area contributed by atoms with E-state index in [2.05, 4.69) is 31.2 Å². The first-order valence-corrected chi connectivity index (χ1v) is 7.73. The molecule has 0 bridgehead atoms. The lowest BCUT2D eigenvalue weighted by molar-refractivity contribution is 0.306. The van der Waals surface area contributed by atoms with Gasteiger partial charge in [0.1, 0.15) is 5.75 Å². The highest BCUT2D eigenvalue weighted by Gasteiger charge is 1.94. The minimum atomic E-state index is 0.682. The quantitative estimate of drug-likeness (QED) is 0.512. The molecule has 2 heteroatoms. The first-order valence-electron chi connectivity index (χ1n) is 7.73. The fourth-order valence-electron chi connectivity index (χ4n) is 2.08. The van der Waals surface area contributed by atoms with Crippen LogP contribution in [0.1, 0.15) is 42.9 Å². The van der Waals surface area contributed by atoms with Crippen molar-refractivity contribution in [1.29, 1.82) is 5.26 Å². The number of hydrogen-bond acceptors (Lipinski definition) is 2. The molecule has 0 unspecified atom stereocenters. The molecule has 0 heterocycles. The van der Waals surface area contributed by atoms with Crippen molar-refractivity contribution in [3.63, 3.8) is 0 Å². The SMILES string of the molecule is CCCCCOc1ccc(C=Cc2ccc(C#N)cc2)cc1. The van der Waals surface area contributed by atoms with Crippen molar-refractivity contribution >= 4 is 12.2 Å². The van der Waals surface area contributed by atoms with Gasteiger partial charge in [-0.1, -0.05) is 56.2 Å². The van der Waals surface area contributed by atoms with E-state index in [0.29, 0.717) is 5.56 Å². The molecule has 0 fully saturated rings. The molecular formula is C20H21NO. The maximum Gasteiger partial charge on any atom is 0.119 e. The molecule has 0 spiro atoms. The van der Waals surface area contributed by atoms with E-state index in [-0.39, 0.29) is 0 Å². The molecule has 0 aliphatic carbocycles. The summed E-state index contributed by atoms with van der Waals surface area (Å²) in [5.74, 6) is 0.923. The second-order valence-electron chi connectivity index (χ2n) is 5.19. The molecule has 0 aliphatic heterocycles. The van der Waals surface area contributed by atoms with Crippen molar-refractivity contribution in [3.05, 3.63) is 65.2 Å². The van der Waals surface area contributed by atoms with Crippen LogP contribution < -0.4 is 4.74 Å². The molecular weight excluding hydrogens is 270 g/mol. The Morgan fingerprint density at radius 3 is 2.05 bits per heavy atom. The first-order chi connectivity index (χ1) is 10.8. The Morgan fingerprint density at radius 1 is 0.909 bits per heavy atom. The third-order valence-electron chi connectivity index (χ3n) is 3.40. The summed E-state index contributed by atoms with van der Waals surface area (Å²) in [6.07, 6.45) is 7.63. The molecule has 112 valence electrons. The molecule has 0 saturated carbocycles. The van der Waals surface area contributed by atoms with Crippen LogP contribution in [0, 0.1) is 11.3 Å². The zero-order valence-electron chi connectivity index (χ0n) is 13.0. The third-order valence-corrected chi connectivity index (χ3v) is 3.40. The molecule has 2 nitrogen and oxygen atoms in total. The number of hydrogen-bond donors (Lipinski definition) is 0. The predicted octanol–water partition coefficient (Wildman–Crippen LogP) is 5.30. The summed E-state index contributed by atoms with van der Waals surface area (Å²) in [5, 5.41) is 8.77. The van der Waals surface area contributed by atoms with Crippen molar-refractivity contribution in [1.82, 2.24) is 0 Å². The van der Waals surface area contributed by atoms with E-state index in [1.807, 2.05) is 42.5 Å². The lowest BCUT2D eigenvalue weighted by atomic mass is 10.1. The lowest BCUT2D eigenvalue weighted by Crippen LogP contribution is -1.96. The number of unbranched alkanes of at least 4 members (excludes halogenated alkanes) is 2. The van der Waals surface area contributed by atoms with Crippen LogP contribution in [0.15, 0.2) is 48.5 Å². The highest BCUT2D eigenvalue weighted by molar-refractivity contribution is 5.70. The molecule has 0 amide bonds. The molecule has 0 aromatic heterocycles. The molecule has 0 radical (unpaired) electrons. The monoisotopic (exact) mass is 291 g/mol. The molecule has 0 aliphatic rings. The van der Waals surface area contributed by atoms with Crippen LogP contribution in [-0.2, 0) is 0 Å². The summed E-state index contributed by atoms with van der Waals surface area (Å²) in [6.45, 7) is 2.98. The topological polar surface area (TPSA) is 33.0 Å². The van der Waals surface area contributed by atoms with E-state index in [1.54, 1.807) is 0 Å². The average Bonchev–Trinajstić information content (AvgIpc) is 2.58. The van der Waals surface area contributed by atoms with E-state index in [0.717, 1.165) is 29.9 Å². The average molecular weight is 291 g/mol. The smallest absolute Gasteiger partial charge is 0.119 e. The normalized spacial score (nSPS) is 10.5. The lowest BCUT2D eigenvalue weighted by Gasteiger charge is -2.05. The van der Waals surface area contributed by atoms with Crippen LogP contribution in [-0.4, -0.2) is 6.61 Å². The Bertz CT molecular complexity index is 633. The van der Waals surface area contributed by atoms with Gasteiger partial charge >= 0.3 is 0 Å². The van der Waals surface area contributed by atoms with E-state index >= 15 is 0 Å². The summed E-state index contributed by atoms with van der Waals surface area (Å²) in [6, 6.07) is 17.8. The van der Waals surface area contributed by atoms with Crippen molar-refractivity contribution in [2.24, 2.45) is 0 Å². The van der Waals surface area contributed by atoms with Crippen LogP contribution >= 0.6 is 0 Å². The van der Waals surface area contributed by atoms with Gasteiger partial charge in [-0.25, -0.2) is 0 Å². The van der Waals surface area contributed by atoms with Gasteiger partial charge in [-0.15, -0.1) is 0 Å². The zero-order valence-corrected chi connectivity index (χ0v) is 13.0. The summed E-state index contributed by atoms with van der Waals surface area (Å²) < 4.78 is 5.70. The second kappa shape index (κ2) is 8.69. The number of nitriles is 1. The summed E-state index contributed by atoms with van der Waals surface area (Å²) in [5.41, 5.74) is 2.89. The first kappa shape index (κ1) is 15.9. The van der Waals surface area contributed by atoms with Crippen LogP contribution in [0.25, 0.3) is 12.2 Å². The van der Waals surface area contributed by atoms with Gasteiger partial charge in [0.2, 0.25) is 0 Å². The zero-order chi connectivity index (χ0) is 15.6. The molecule has 2 rings (SSSR count). The Labute approximate surface area is 132 Å². The summed E-state index contributed by atoms with van der Waals surface area (Å²) in [4.78, 5) is 0. The molecule has 2 aromatic rings. The van der Waals surface area contributed by atoms with Gasteiger partial charge in [-0.2, -0.15) is 5.26 Å². The van der Waals surface area contributed by atoms with Gasteiger partial charge in [-0.05, 0) is 41.8 Å². The van der Waals surface area contributed by atoms with E-state index in [1.165, 1.54) is 12.8 Å². The highest BCUT2D eigenvalue weighted by Crippen LogP contribution is 2.15. The minimum absolute atomic E-state index is 0.682. The van der Waals surface area contributed by atoms with Crippen molar-refractivity contribution in [3.8, 4) is 11.8 Å². The van der Waals surface area contributed by atoms with Gasteiger partial charge in [0.25, 0.3) is 0 Å². The Morgan fingerprint density at radius 2 is 1.50 bits per heavy atom. The molecule has 22 heavy (non-hydrogen) atoms. The van der Waals surface area contributed by atoms with Crippen LogP contribution in [0.5, 0.6) is 5.75 Å². The van der Waals surface area contributed by atoms with Gasteiger partial charge in [-0.3, -0.25) is 0 Å². The van der Waals surface area contributed by atoms with E-state index in [4.69, 9.17) is 10.00 Å². The van der Waals surface area contributed by atoms with Gasteiger partial charge < -0.3 is 4.74 Å². The number of benzene rings is 2. The van der Waals surface area contributed by atoms with E-state index in [9.17, 15) is 0 Å². The van der Waals surface area contributed by atoms with Crippen molar-refractivity contribution < 1.29 is 4.74 Å². The van der Waals surface area contributed by atoms with Crippen LogP contribution in [0.2, 0.25) is 0 Å². The van der Waals surface area contributed by atoms with Gasteiger partial charge in [0.15, 0.2) is 0 Å². The number of rotatable bonds is 7. The Kier molecular flexibility index (Phi) is 6.26. The number of nitrogens with zero attached hydrogens (tertiary/aromatic N) is 1. The Balaban J connectivity index is 1.90. The van der Waals surface area contributed by atoms with Crippen molar-refractivity contribution in [2.45, 2.75) is 26.2 Å². The minimum Gasteiger partial charge on any atom is -0.494 e. The fraction of sp³-hybridized carbons (Fsp3) is 0.250. The van der Waals surface area contributed by atoms with Crippen LogP contribution in [0.3, 0.4) is 0 Å². The fourth-order valence-corrected chi connectivity index (χ4v) is 2.08. The summed E-state index contributed by atoms with van der Waals surface area (Å²) in [7, 11) is 0. The predicted molar refractivity (Wildman–Crippen MR) is 91.5 cm³/mol. The second-order valence-corrected chi connectivity index (χ2v) is 5.19. The standard InChI is InChI=1S/C20H21NO/c1-2-3-4-15-22-20-13-11-18(12-14-20)6-5-17-7-9-19(16-21)10-8-17/h5-14H,2-4,15H2,1H3. The largest absolute Gasteiger partial charge is 0.494 e. The molecule has 2 aromatic carbocycles. The van der Waals surface area contributed by atoms with Gasteiger partial charge in [0.05, 0.1) is 18.2 Å². The maximum atomic E-state index is 8.77. The van der Waals surface area contributed by atoms with Gasteiger partial charge in [0, 0.05) is 0 Å². The van der Waals surface area contributed by atoms with Crippen LogP contribution in [0.4, 0.5) is 0 Å². The Hall–Kier alpha value is -2.53. The third kappa shape index (κ3) is 5.10. The van der Waals surface area contributed by atoms with Crippen molar-refractivity contribution in [2.75, 3.05) is 6.61 Å². The number of ether oxygens (including phenoxy) is 1. The molecule has 0 atom stereocenters.